The van der Waals surface area contributed by atoms with Gasteiger partial charge in [0.25, 0.3) is 0 Å². The Morgan fingerprint density at radius 1 is 1.38 bits per heavy atom. The van der Waals surface area contributed by atoms with Crippen LogP contribution in [0.2, 0.25) is 0 Å². The van der Waals surface area contributed by atoms with Crippen LogP contribution < -0.4 is 5.32 Å². The molecule has 1 aromatic heterocycles. The maximum atomic E-state index is 12.9. The monoisotopic (exact) mass is 290 g/mol. The molecular formula is C14H11FN2O4. The number of rotatable bonds is 4. The summed E-state index contributed by atoms with van der Waals surface area (Å²) in [6, 6.07) is 6.57. The van der Waals surface area contributed by atoms with Crippen LogP contribution in [0.25, 0.3) is 6.08 Å². The van der Waals surface area contributed by atoms with Crippen molar-refractivity contribution in [3.63, 3.8) is 0 Å². The first-order valence-electron chi connectivity index (χ1n) is 5.95. The van der Waals surface area contributed by atoms with Crippen LogP contribution in [0.15, 0.2) is 40.8 Å². The van der Waals surface area contributed by atoms with Crippen LogP contribution in [0.1, 0.15) is 11.3 Å². The molecule has 21 heavy (non-hydrogen) atoms. The highest BCUT2D eigenvalue weighted by molar-refractivity contribution is 6.02. The van der Waals surface area contributed by atoms with Crippen LogP contribution in [-0.2, 0) is 4.79 Å². The molecule has 0 saturated carbocycles. The fourth-order valence-corrected chi connectivity index (χ4v) is 1.63. The first kappa shape index (κ1) is 14.4. The molecule has 0 radical (unpaired) electrons. The quantitative estimate of drug-likeness (QED) is 0.532. The molecule has 1 aromatic carbocycles. The van der Waals surface area contributed by atoms with E-state index in [4.69, 9.17) is 4.42 Å². The third kappa shape index (κ3) is 3.75. The minimum Gasteiger partial charge on any atom is -0.401 e. The van der Waals surface area contributed by atoms with Gasteiger partial charge in [0.15, 0.2) is 0 Å². The van der Waals surface area contributed by atoms with Crippen molar-refractivity contribution in [3.05, 3.63) is 63.7 Å². The van der Waals surface area contributed by atoms with Gasteiger partial charge < -0.3 is 9.73 Å². The Hall–Kier alpha value is -2.96. The summed E-state index contributed by atoms with van der Waals surface area (Å²) in [6.45, 7) is 1.66. The number of benzene rings is 1. The van der Waals surface area contributed by atoms with Crippen molar-refractivity contribution in [2.45, 2.75) is 6.92 Å². The summed E-state index contributed by atoms with van der Waals surface area (Å²) in [5.74, 6) is -1.05. The third-order valence-corrected chi connectivity index (χ3v) is 2.64. The molecule has 0 bridgehead atoms. The van der Waals surface area contributed by atoms with Crippen molar-refractivity contribution in [1.82, 2.24) is 0 Å². The van der Waals surface area contributed by atoms with Crippen LogP contribution in [-0.4, -0.2) is 10.8 Å². The molecule has 0 aliphatic rings. The summed E-state index contributed by atoms with van der Waals surface area (Å²) in [4.78, 5) is 21.5. The van der Waals surface area contributed by atoms with Gasteiger partial charge >= 0.3 is 5.88 Å². The molecule has 0 saturated heterocycles. The molecule has 1 amide bonds. The zero-order chi connectivity index (χ0) is 15.4. The maximum absolute atomic E-state index is 12.9. The van der Waals surface area contributed by atoms with Gasteiger partial charge in [-0.05, 0) is 42.8 Å². The van der Waals surface area contributed by atoms with E-state index < -0.39 is 16.7 Å². The summed E-state index contributed by atoms with van der Waals surface area (Å²) in [5, 5.41) is 13.0. The third-order valence-electron chi connectivity index (χ3n) is 2.64. The van der Waals surface area contributed by atoms with E-state index in [1.165, 1.54) is 42.5 Å². The Bertz CT molecular complexity index is 722. The lowest BCUT2D eigenvalue weighted by Crippen LogP contribution is -2.08. The molecule has 0 fully saturated rings. The molecule has 0 unspecified atom stereocenters. The number of nitro groups is 1. The van der Waals surface area contributed by atoms with Crippen LogP contribution in [0.4, 0.5) is 16.0 Å². The van der Waals surface area contributed by atoms with Crippen LogP contribution in [0, 0.1) is 22.9 Å². The van der Waals surface area contributed by atoms with Crippen LogP contribution in [0.5, 0.6) is 0 Å². The molecule has 0 atom stereocenters. The van der Waals surface area contributed by atoms with Gasteiger partial charge in [-0.3, -0.25) is 14.9 Å². The summed E-state index contributed by atoms with van der Waals surface area (Å²) >= 11 is 0. The van der Waals surface area contributed by atoms with Crippen LogP contribution >= 0.6 is 0 Å². The zero-order valence-electron chi connectivity index (χ0n) is 11.0. The van der Waals surface area contributed by atoms with E-state index >= 15 is 0 Å². The molecular weight excluding hydrogens is 279 g/mol. The predicted molar refractivity (Wildman–Crippen MR) is 74.2 cm³/mol. The number of hydrogen-bond donors (Lipinski definition) is 1. The van der Waals surface area contributed by atoms with E-state index in [-0.39, 0.29) is 11.6 Å². The number of amides is 1. The first-order chi connectivity index (χ1) is 9.95. The SMILES string of the molecule is Cc1cc(F)ccc1NC(=O)/C=C/c1ccc([N+](=O)[O-])o1. The fourth-order valence-electron chi connectivity index (χ4n) is 1.63. The number of carbonyl (C=O) groups excluding carboxylic acids is 1. The largest absolute Gasteiger partial charge is 0.433 e. The van der Waals surface area contributed by atoms with Gasteiger partial charge in [0.2, 0.25) is 5.91 Å². The Balaban J connectivity index is 2.03. The Morgan fingerprint density at radius 3 is 2.76 bits per heavy atom. The number of furan rings is 1. The average molecular weight is 290 g/mol. The van der Waals surface area contributed by atoms with Crippen molar-refractivity contribution in [1.29, 1.82) is 0 Å². The predicted octanol–water partition coefficient (Wildman–Crippen LogP) is 3.29. The van der Waals surface area contributed by atoms with E-state index in [1.807, 2.05) is 0 Å². The minimum atomic E-state index is -0.667. The van der Waals surface area contributed by atoms with Gasteiger partial charge in [0.1, 0.15) is 16.5 Å². The highest BCUT2D eigenvalue weighted by Gasteiger charge is 2.10. The van der Waals surface area contributed by atoms with E-state index in [0.717, 1.165) is 0 Å². The van der Waals surface area contributed by atoms with E-state index in [2.05, 4.69) is 5.32 Å². The molecule has 0 aliphatic carbocycles. The standard InChI is InChI=1S/C14H11FN2O4/c1-9-8-10(15)2-5-12(9)16-13(18)6-3-11-4-7-14(21-11)17(19)20/h2-8H,1H3,(H,16,18)/b6-3+. The highest BCUT2D eigenvalue weighted by Crippen LogP contribution is 2.18. The molecule has 0 aliphatic heterocycles. The van der Waals surface area contributed by atoms with Crippen molar-refractivity contribution < 1.29 is 18.5 Å². The molecule has 2 aromatic rings. The molecule has 108 valence electrons. The topological polar surface area (TPSA) is 85.4 Å². The highest BCUT2D eigenvalue weighted by atomic mass is 19.1. The lowest BCUT2D eigenvalue weighted by Gasteiger charge is -2.05. The van der Waals surface area contributed by atoms with Gasteiger partial charge in [0, 0.05) is 11.8 Å². The fraction of sp³-hybridized carbons (Fsp3) is 0.0714. The second-order valence-corrected chi connectivity index (χ2v) is 4.21. The Morgan fingerprint density at radius 2 is 2.14 bits per heavy atom. The van der Waals surface area contributed by atoms with Crippen molar-refractivity contribution in [3.8, 4) is 0 Å². The molecule has 0 spiro atoms. The number of nitrogens with zero attached hydrogens (tertiary/aromatic N) is 1. The summed E-state index contributed by atoms with van der Waals surface area (Å²) < 4.78 is 17.8. The first-order valence-corrected chi connectivity index (χ1v) is 5.95. The molecule has 2 rings (SSSR count). The minimum absolute atomic E-state index is 0.188. The van der Waals surface area contributed by atoms with Crippen molar-refractivity contribution >= 4 is 23.6 Å². The maximum Gasteiger partial charge on any atom is 0.433 e. The number of hydrogen-bond acceptors (Lipinski definition) is 4. The van der Waals surface area contributed by atoms with Gasteiger partial charge in [0.05, 0.1) is 6.07 Å². The van der Waals surface area contributed by atoms with Crippen molar-refractivity contribution in [2.75, 3.05) is 5.32 Å². The number of halogens is 1. The second kappa shape index (κ2) is 6.00. The molecule has 1 heterocycles. The Labute approximate surface area is 119 Å². The molecule has 1 N–H and O–H groups in total. The number of carbonyl (C=O) groups is 1. The van der Waals surface area contributed by atoms with Gasteiger partial charge in [-0.15, -0.1) is 0 Å². The number of nitrogens with one attached hydrogen (secondary N) is 1. The normalized spacial score (nSPS) is 10.8. The zero-order valence-corrected chi connectivity index (χ0v) is 11.0. The second-order valence-electron chi connectivity index (χ2n) is 4.21. The van der Waals surface area contributed by atoms with Crippen LogP contribution in [0.3, 0.4) is 0 Å². The van der Waals surface area contributed by atoms with Gasteiger partial charge in [-0.25, -0.2) is 4.39 Å². The number of anilines is 1. The average Bonchev–Trinajstić information content (AvgIpc) is 2.89. The van der Waals surface area contributed by atoms with E-state index in [9.17, 15) is 19.3 Å². The lowest BCUT2D eigenvalue weighted by molar-refractivity contribution is -0.402. The summed E-state index contributed by atoms with van der Waals surface area (Å²) in [7, 11) is 0. The van der Waals surface area contributed by atoms with Gasteiger partial charge in [-0.2, -0.15) is 0 Å². The lowest BCUT2D eigenvalue weighted by atomic mass is 10.2. The molecule has 6 nitrogen and oxygen atoms in total. The Kier molecular flexibility index (Phi) is 4.13. The summed E-state index contributed by atoms with van der Waals surface area (Å²) in [6.07, 6.45) is 2.48. The van der Waals surface area contributed by atoms with E-state index in [0.29, 0.717) is 11.3 Å². The number of aryl methyl sites for hydroxylation is 1. The summed E-state index contributed by atoms with van der Waals surface area (Å²) in [5.41, 5.74) is 1.07. The smallest absolute Gasteiger partial charge is 0.401 e. The molecule has 7 heteroatoms. The van der Waals surface area contributed by atoms with Crippen molar-refractivity contribution in [2.24, 2.45) is 0 Å². The van der Waals surface area contributed by atoms with Gasteiger partial charge in [-0.1, -0.05) is 0 Å². The van der Waals surface area contributed by atoms with E-state index in [1.54, 1.807) is 6.92 Å².